The van der Waals surface area contributed by atoms with E-state index in [-0.39, 0.29) is 29.6 Å². The predicted molar refractivity (Wildman–Crippen MR) is 127 cm³/mol. The van der Waals surface area contributed by atoms with E-state index in [0.29, 0.717) is 22.6 Å². The van der Waals surface area contributed by atoms with Gasteiger partial charge in [0.1, 0.15) is 29.7 Å². The third kappa shape index (κ3) is 5.61. The number of aromatic nitrogens is 2. The molecule has 0 unspecified atom stereocenters. The van der Waals surface area contributed by atoms with E-state index >= 15 is 0 Å². The number of esters is 1. The summed E-state index contributed by atoms with van der Waals surface area (Å²) in [5.41, 5.74) is 3.66. The molecule has 0 spiro atoms. The van der Waals surface area contributed by atoms with E-state index in [2.05, 4.69) is 25.2 Å². The minimum absolute atomic E-state index is 0.0779. The first-order chi connectivity index (χ1) is 17.1. The molecule has 0 atom stereocenters. The summed E-state index contributed by atoms with van der Waals surface area (Å²) in [4.78, 5) is 30.6. The van der Waals surface area contributed by atoms with Crippen molar-refractivity contribution in [3.05, 3.63) is 99.7 Å². The summed E-state index contributed by atoms with van der Waals surface area (Å²) in [7, 11) is 1.28. The average Bonchev–Trinajstić information content (AvgIpc) is 3.37. The van der Waals surface area contributed by atoms with Crippen LogP contribution in [0.4, 0.5) is 5.95 Å². The molecule has 0 fully saturated rings. The van der Waals surface area contributed by atoms with Crippen LogP contribution in [0.1, 0.15) is 27.4 Å². The molecule has 2 aromatic heterocycles. The Hall–Kier alpha value is -5.17. The van der Waals surface area contributed by atoms with E-state index in [9.17, 15) is 14.9 Å². The fraction of sp³-hybridized carbons (Fsp3) is 0.0800. The summed E-state index contributed by atoms with van der Waals surface area (Å²) in [6, 6.07) is 21.1. The van der Waals surface area contributed by atoms with Crippen molar-refractivity contribution in [2.75, 3.05) is 12.5 Å². The number of furan rings is 1. The highest BCUT2D eigenvalue weighted by atomic mass is 16.5. The van der Waals surface area contributed by atoms with Crippen LogP contribution < -0.4 is 15.7 Å². The number of methoxy groups -OCH3 is 1. The molecule has 0 aliphatic carbocycles. The van der Waals surface area contributed by atoms with E-state index < -0.39 is 11.5 Å². The van der Waals surface area contributed by atoms with Crippen LogP contribution in [0, 0.1) is 11.3 Å². The molecule has 4 aromatic rings. The van der Waals surface area contributed by atoms with Crippen LogP contribution in [0.3, 0.4) is 0 Å². The molecule has 4 rings (SSSR count). The number of benzene rings is 2. The quantitative estimate of drug-likeness (QED) is 0.226. The lowest BCUT2D eigenvalue weighted by molar-refractivity contribution is 0.0561. The second kappa shape index (κ2) is 10.6. The van der Waals surface area contributed by atoms with Gasteiger partial charge < -0.3 is 13.9 Å². The summed E-state index contributed by atoms with van der Waals surface area (Å²) in [6.45, 7) is 0.120. The molecule has 0 radical (unpaired) electrons. The molecule has 0 bridgehead atoms. The molecule has 0 aliphatic heterocycles. The Morgan fingerprint density at radius 1 is 1.20 bits per heavy atom. The predicted octanol–water partition coefficient (Wildman–Crippen LogP) is 3.71. The third-order valence-electron chi connectivity index (χ3n) is 4.75. The number of nitrogens with zero attached hydrogens (tertiary/aromatic N) is 3. The number of H-pyrrole nitrogens is 1. The molecule has 0 aliphatic rings. The van der Waals surface area contributed by atoms with Gasteiger partial charge in [0.25, 0.3) is 5.56 Å². The summed E-state index contributed by atoms with van der Waals surface area (Å²) in [6.07, 6.45) is 1.52. The van der Waals surface area contributed by atoms with Gasteiger partial charge in [0.05, 0.1) is 19.0 Å². The topological polar surface area (TPSA) is 143 Å². The van der Waals surface area contributed by atoms with Crippen LogP contribution in [0.5, 0.6) is 5.75 Å². The third-order valence-corrected chi connectivity index (χ3v) is 4.75. The van der Waals surface area contributed by atoms with Crippen molar-refractivity contribution in [2.45, 2.75) is 6.61 Å². The van der Waals surface area contributed by atoms with Crippen molar-refractivity contribution in [3.8, 4) is 23.1 Å². The molecule has 174 valence electrons. The molecule has 2 N–H and O–H groups in total. The Balaban J connectivity index is 1.44. The molecule has 10 heteroatoms. The first-order valence-electron chi connectivity index (χ1n) is 10.4. The fourth-order valence-electron chi connectivity index (χ4n) is 3.11. The Morgan fingerprint density at radius 3 is 2.80 bits per heavy atom. The van der Waals surface area contributed by atoms with Crippen LogP contribution in [0.2, 0.25) is 0 Å². The number of hydrazone groups is 1. The average molecular weight is 469 g/mol. The monoisotopic (exact) mass is 469 g/mol. The smallest absolute Gasteiger partial charge is 0.373 e. The molecule has 2 heterocycles. The zero-order chi connectivity index (χ0) is 24.6. The largest absolute Gasteiger partial charge is 0.486 e. The van der Waals surface area contributed by atoms with Crippen molar-refractivity contribution >= 4 is 18.1 Å². The number of hydrogen-bond acceptors (Lipinski definition) is 9. The number of nitriles is 1. The van der Waals surface area contributed by atoms with Crippen LogP contribution >= 0.6 is 0 Å². The van der Waals surface area contributed by atoms with Crippen LogP contribution in [-0.2, 0) is 11.3 Å². The van der Waals surface area contributed by atoms with Gasteiger partial charge in [0, 0.05) is 5.56 Å². The first-order valence-corrected chi connectivity index (χ1v) is 10.4. The SMILES string of the molecule is COC(=O)c1ccc(COc2cccc(C=NNc3nc(-c4ccccc4)c(C#N)c(=O)[nH]3)c2)o1. The van der Waals surface area contributed by atoms with E-state index in [1.54, 1.807) is 48.5 Å². The zero-order valence-electron chi connectivity index (χ0n) is 18.5. The van der Waals surface area contributed by atoms with Gasteiger partial charge in [-0.1, -0.05) is 42.5 Å². The van der Waals surface area contributed by atoms with Gasteiger partial charge in [0.2, 0.25) is 11.7 Å². The van der Waals surface area contributed by atoms with Gasteiger partial charge in [0.15, 0.2) is 0 Å². The summed E-state index contributed by atoms with van der Waals surface area (Å²) in [5, 5.41) is 13.5. The van der Waals surface area contributed by atoms with Gasteiger partial charge in [-0.25, -0.2) is 15.2 Å². The van der Waals surface area contributed by atoms with Crippen molar-refractivity contribution in [1.82, 2.24) is 9.97 Å². The van der Waals surface area contributed by atoms with Gasteiger partial charge in [-0.05, 0) is 29.8 Å². The van der Waals surface area contributed by atoms with E-state index in [0.717, 1.165) is 0 Å². The number of carbonyl (C=O) groups is 1. The van der Waals surface area contributed by atoms with Crippen molar-refractivity contribution < 1.29 is 18.7 Å². The lowest BCUT2D eigenvalue weighted by Crippen LogP contribution is -2.16. The second-order valence-corrected chi connectivity index (χ2v) is 7.10. The number of rotatable bonds is 8. The molecule has 0 amide bonds. The first kappa shape index (κ1) is 23.0. The van der Waals surface area contributed by atoms with E-state index in [4.69, 9.17) is 9.15 Å². The number of aromatic amines is 1. The Labute approximate surface area is 199 Å². The number of hydrogen-bond donors (Lipinski definition) is 2. The summed E-state index contributed by atoms with van der Waals surface area (Å²) < 4.78 is 15.7. The molecule has 0 saturated heterocycles. The zero-order valence-corrected chi connectivity index (χ0v) is 18.5. The minimum atomic E-state index is -0.567. The highest BCUT2D eigenvalue weighted by Crippen LogP contribution is 2.20. The molecular formula is C25H19N5O5. The maximum absolute atomic E-state index is 12.3. The second-order valence-electron chi connectivity index (χ2n) is 7.10. The van der Waals surface area contributed by atoms with Crippen LogP contribution in [-0.4, -0.2) is 29.3 Å². The summed E-state index contributed by atoms with van der Waals surface area (Å²) >= 11 is 0. The normalized spacial score (nSPS) is 10.6. The Morgan fingerprint density at radius 2 is 2.03 bits per heavy atom. The van der Waals surface area contributed by atoms with Gasteiger partial charge >= 0.3 is 5.97 Å². The Kier molecular flexibility index (Phi) is 6.99. The maximum atomic E-state index is 12.3. The Bertz CT molecular complexity index is 1470. The highest BCUT2D eigenvalue weighted by Gasteiger charge is 2.13. The number of nitrogens with one attached hydrogen (secondary N) is 2. The van der Waals surface area contributed by atoms with Crippen molar-refractivity contribution in [3.63, 3.8) is 0 Å². The molecular weight excluding hydrogens is 450 g/mol. The van der Waals surface area contributed by atoms with Gasteiger partial charge in [-0.15, -0.1) is 0 Å². The van der Waals surface area contributed by atoms with Crippen molar-refractivity contribution in [2.24, 2.45) is 5.10 Å². The molecule has 0 saturated carbocycles. The van der Waals surface area contributed by atoms with Gasteiger partial charge in [-0.2, -0.15) is 10.4 Å². The highest BCUT2D eigenvalue weighted by molar-refractivity contribution is 5.86. The molecule has 35 heavy (non-hydrogen) atoms. The minimum Gasteiger partial charge on any atom is -0.486 e. The van der Waals surface area contributed by atoms with Crippen LogP contribution in [0.25, 0.3) is 11.3 Å². The lowest BCUT2D eigenvalue weighted by Gasteiger charge is -2.06. The van der Waals surface area contributed by atoms with Gasteiger partial charge in [-0.3, -0.25) is 9.78 Å². The summed E-state index contributed by atoms with van der Waals surface area (Å²) in [5.74, 6) is 0.659. The molecule has 10 nitrogen and oxygen atoms in total. The number of ether oxygens (including phenoxy) is 2. The van der Waals surface area contributed by atoms with Crippen molar-refractivity contribution in [1.29, 1.82) is 5.26 Å². The lowest BCUT2D eigenvalue weighted by atomic mass is 10.1. The van der Waals surface area contributed by atoms with E-state index in [1.165, 1.54) is 19.4 Å². The number of carbonyl (C=O) groups excluding carboxylic acids is 1. The fourth-order valence-corrected chi connectivity index (χ4v) is 3.11. The number of anilines is 1. The standard InChI is InChI=1S/C25H19N5O5/c1-33-24(32)21-11-10-19(35-21)15-34-18-9-5-6-16(12-18)14-27-30-25-28-22(17-7-3-2-4-8-17)20(13-26)23(31)29-25/h2-12,14H,15H2,1H3,(H2,28,29,30,31). The molecule has 2 aromatic carbocycles. The van der Waals surface area contributed by atoms with E-state index in [1.807, 2.05) is 18.2 Å². The van der Waals surface area contributed by atoms with Crippen LogP contribution in [0.15, 0.2) is 81.0 Å². The maximum Gasteiger partial charge on any atom is 0.373 e.